The molecule has 0 aromatic rings. The van der Waals surface area contributed by atoms with Gasteiger partial charge in [0.1, 0.15) is 0 Å². The van der Waals surface area contributed by atoms with Crippen molar-refractivity contribution < 1.29 is 56.5 Å². The molecule has 0 radical (unpaired) electrons. The van der Waals surface area contributed by atoms with Gasteiger partial charge in [0, 0.05) is 6.61 Å². The van der Waals surface area contributed by atoms with Crippen LogP contribution in [0.25, 0.3) is 0 Å². The van der Waals surface area contributed by atoms with Gasteiger partial charge in [0.05, 0.1) is 0 Å². The molecule has 0 atom stereocenters. The predicted octanol–water partition coefficient (Wildman–Crippen LogP) is -2.79. The molecule has 0 aliphatic heterocycles. The van der Waals surface area contributed by atoms with E-state index in [1.54, 1.807) is 0 Å². The predicted molar refractivity (Wildman–Crippen MR) is 17.1 cm³/mol. The monoisotopic (exact) mass is 98.0 g/mol. The molecule has 1 N–H and O–H groups in total. The van der Waals surface area contributed by atoms with Crippen LogP contribution in [-0.4, -0.2) is 11.7 Å². The Morgan fingerprint density at radius 1 is 1.60 bits per heavy atom. The molecule has 0 heterocycles. The first-order valence-electron chi connectivity index (χ1n) is 1.32. The smallest absolute Gasteiger partial charge is 0.399 e. The van der Waals surface area contributed by atoms with E-state index in [4.69, 9.17) is 5.11 Å². The third-order valence-corrected chi connectivity index (χ3v) is 0.158. The Hall–Kier alpha value is 1.60. The standard InChI is InChI=1S/C3H7O.K/c1-2-3-4;/h4H,1-3H2;/q-1;+1. The molecule has 5 heavy (non-hydrogen) atoms. The van der Waals surface area contributed by atoms with Crippen LogP contribution < -0.4 is 51.4 Å². The van der Waals surface area contributed by atoms with Crippen LogP contribution >= 0.6 is 0 Å². The fourth-order valence-corrected chi connectivity index (χ4v) is 0. The summed E-state index contributed by atoms with van der Waals surface area (Å²) in [6.07, 6.45) is 0.625. The van der Waals surface area contributed by atoms with E-state index in [0.717, 1.165) is 0 Å². The summed E-state index contributed by atoms with van der Waals surface area (Å²) in [5.74, 6) is 0. The SMILES string of the molecule is [CH2-]CCO.[K+]. The fraction of sp³-hybridized carbons (Fsp3) is 0.667. The summed E-state index contributed by atoms with van der Waals surface area (Å²) in [5.41, 5.74) is 0. The van der Waals surface area contributed by atoms with Gasteiger partial charge in [-0.3, -0.25) is 0 Å². The first-order chi connectivity index (χ1) is 1.91. The molecule has 2 heteroatoms. The number of aliphatic hydroxyl groups is 1. The molecule has 0 bridgehead atoms. The maximum atomic E-state index is 7.81. The van der Waals surface area contributed by atoms with Crippen LogP contribution in [-0.2, 0) is 0 Å². The normalized spacial score (nSPS) is 6.00. The van der Waals surface area contributed by atoms with Gasteiger partial charge >= 0.3 is 51.4 Å². The number of rotatable bonds is 1. The second-order valence-electron chi connectivity index (χ2n) is 0.577. The van der Waals surface area contributed by atoms with Crippen LogP contribution in [0.3, 0.4) is 0 Å². The molecule has 0 aliphatic carbocycles. The van der Waals surface area contributed by atoms with Gasteiger partial charge in [-0.1, -0.05) is 0 Å². The van der Waals surface area contributed by atoms with Gasteiger partial charge in [0.15, 0.2) is 0 Å². The van der Waals surface area contributed by atoms with Crippen LogP contribution in [0.4, 0.5) is 0 Å². The van der Waals surface area contributed by atoms with Crippen LogP contribution in [0.15, 0.2) is 0 Å². The van der Waals surface area contributed by atoms with E-state index in [9.17, 15) is 0 Å². The summed E-state index contributed by atoms with van der Waals surface area (Å²) >= 11 is 0. The Morgan fingerprint density at radius 2 is 1.80 bits per heavy atom. The second kappa shape index (κ2) is 9.14. The first-order valence-corrected chi connectivity index (χ1v) is 1.32. The number of aliphatic hydroxyl groups excluding tert-OH is 1. The first kappa shape index (κ1) is 9.78. The summed E-state index contributed by atoms with van der Waals surface area (Å²) in [6.45, 7) is 3.56. The van der Waals surface area contributed by atoms with Crippen molar-refractivity contribution >= 4 is 0 Å². The Morgan fingerprint density at radius 3 is 1.80 bits per heavy atom. The van der Waals surface area contributed by atoms with E-state index in [-0.39, 0.29) is 58.0 Å². The molecule has 0 aromatic heterocycles. The second-order valence-corrected chi connectivity index (χ2v) is 0.577. The van der Waals surface area contributed by atoms with Crippen LogP contribution in [0.2, 0.25) is 0 Å². The molecule has 0 aliphatic rings. The molecule has 0 saturated carbocycles. The Labute approximate surface area is 75.2 Å². The van der Waals surface area contributed by atoms with E-state index in [0.29, 0.717) is 6.42 Å². The quantitative estimate of drug-likeness (QED) is 0.278. The van der Waals surface area contributed by atoms with Gasteiger partial charge in [-0.2, -0.15) is 6.42 Å². The molecule has 26 valence electrons. The van der Waals surface area contributed by atoms with Gasteiger partial charge in [-0.25, -0.2) is 0 Å². The Balaban J connectivity index is 0. The van der Waals surface area contributed by atoms with E-state index < -0.39 is 0 Å². The maximum Gasteiger partial charge on any atom is 1.00 e. The van der Waals surface area contributed by atoms with Gasteiger partial charge in [-0.15, -0.1) is 0 Å². The zero-order valence-corrected chi connectivity index (χ0v) is 6.69. The van der Waals surface area contributed by atoms with Crippen molar-refractivity contribution in [2.24, 2.45) is 0 Å². The van der Waals surface area contributed by atoms with Gasteiger partial charge in [-0.05, 0) is 0 Å². The molecule has 0 rings (SSSR count). The molecule has 0 spiro atoms. The van der Waals surface area contributed by atoms with Crippen LogP contribution in [0, 0.1) is 6.92 Å². The molecule has 0 unspecified atom stereocenters. The third kappa shape index (κ3) is 10.7. The summed E-state index contributed by atoms with van der Waals surface area (Å²) in [6, 6.07) is 0. The van der Waals surface area contributed by atoms with E-state index in [1.807, 2.05) is 0 Å². The van der Waals surface area contributed by atoms with Crippen molar-refractivity contribution in [3.05, 3.63) is 6.92 Å². The fourth-order valence-electron chi connectivity index (χ4n) is 0. The molecule has 0 saturated heterocycles. The van der Waals surface area contributed by atoms with Crippen molar-refractivity contribution in [2.45, 2.75) is 6.42 Å². The number of hydrogen-bond acceptors (Lipinski definition) is 1. The van der Waals surface area contributed by atoms with Crippen molar-refractivity contribution in [1.29, 1.82) is 0 Å². The van der Waals surface area contributed by atoms with Gasteiger partial charge < -0.3 is 12.0 Å². The minimum absolute atomic E-state index is 0. The summed E-state index contributed by atoms with van der Waals surface area (Å²) in [7, 11) is 0. The zero-order chi connectivity index (χ0) is 3.41. The van der Waals surface area contributed by atoms with Crippen molar-refractivity contribution in [1.82, 2.24) is 0 Å². The molecular weight excluding hydrogens is 91.1 g/mol. The largest absolute Gasteiger partial charge is 1.00 e. The van der Waals surface area contributed by atoms with Gasteiger partial charge in [0.2, 0.25) is 0 Å². The summed E-state index contributed by atoms with van der Waals surface area (Å²) < 4.78 is 0. The Kier molecular flexibility index (Phi) is 17.9. The minimum Gasteiger partial charge on any atom is -0.399 e. The average Bonchev–Trinajstić information content (AvgIpc) is 1.37. The van der Waals surface area contributed by atoms with E-state index in [1.165, 1.54) is 0 Å². The van der Waals surface area contributed by atoms with Crippen LogP contribution in [0.5, 0.6) is 0 Å². The van der Waals surface area contributed by atoms with E-state index in [2.05, 4.69) is 6.92 Å². The summed E-state index contributed by atoms with van der Waals surface area (Å²) in [5, 5.41) is 7.81. The zero-order valence-electron chi connectivity index (χ0n) is 3.57. The average molecular weight is 98.2 g/mol. The van der Waals surface area contributed by atoms with Crippen molar-refractivity contribution in [3.8, 4) is 0 Å². The topological polar surface area (TPSA) is 20.2 Å². The molecular formula is C3H7KO. The van der Waals surface area contributed by atoms with E-state index >= 15 is 0 Å². The maximum absolute atomic E-state index is 7.81. The van der Waals surface area contributed by atoms with Crippen molar-refractivity contribution in [2.75, 3.05) is 6.61 Å². The molecule has 0 aromatic carbocycles. The van der Waals surface area contributed by atoms with Crippen LogP contribution in [0.1, 0.15) is 6.42 Å². The molecule has 1 nitrogen and oxygen atoms in total. The Bertz CT molecular complexity index is 8.85. The molecule has 0 fully saturated rings. The minimum atomic E-state index is 0. The van der Waals surface area contributed by atoms with Gasteiger partial charge in [0.25, 0.3) is 0 Å². The van der Waals surface area contributed by atoms with Crippen molar-refractivity contribution in [3.63, 3.8) is 0 Å². The third-order valence-electron chi connectivity index (χ3n) is 0.158. The summed E-state index contributed by atoms with van der Waals surface area (Å²) in [4.78, 5) is 0. The number of hydrogen-bond donors (Lipinski definition) is 1. The molecule has 0 amide bonds.